The lowest BCUT2D eigenvalue weighted by molar-refractivity contribution is -0.383. The second-order valence-electron chi connectivity index (χ2n) is 6.35. The number of anilines is 4. The Bertz CT molecular complexity index is 1010. The van der Waals surface area contributed by atoms with Crippen molar-refractivity contribution >= 4 is 28.7 Å². The van der Waals surface area contributed by atoms with Crippen molar-refractivity contribution in [2.75, 3.05) is 10.6 Å². The van der Waals surface area contributed by atoms with Gasteiger partial charge in [-0.3, -0.25) is 10.1 Å². The Morgan fingerprint density at radius 3 is 2.34 bits per heavy atom. The predicted molar refractivity (Wildman–Crippen MR) is 107 cm³/mol. The van der Waals surface area contributed by atoms with E-state index in [0.29, 0.717) is 11.8 Å². The monoisotopic (exact) mass is 399 g/mol. The first-order chi connectivity index (χ1) is 14.0. The van der Waals surface area contributed by atoms with E-state index in [-0.39, 0.29) is 17.3 Å². The number of nitrogens with one attached hydrogen (secondary N) is 2. The molecule has 3 rings (SSSR count). The highest BCUT2D eigenvalue weighted by atomic mass is 19.1. The van der Waals surface area contributed by atoms with Crippen molar-refractivity contribution in [3.8, 4) is 0 Å². The van der Waals surface area contributed by atoms with Crippen LogP contribution in [-0.2, 0) is 6.42 Å². The van der Waals surface area contributed by atoms with Crippen LogP contribution in [0.2, 0.25) is 0 Å². The third kappa shape index (κ3) is 5.01. The number of halogens is 2. The molecule has 0 aliphatic carbocycles. The number of nitrogens with zero attached hydrogens (tertiary/aromatic N) is 3. The van der Waals surface area contributed by atoms with Gasteiger partial charge in [-0.05, 0) is 42.7 Å². The van der Waals surface area contributed by atoms with E-state index in [1.165, 1.54) is 5.56 Å². The molecule has 0 aliphatic rings. The summed E-state index contributed by atoms with van der Waals surface area (Å²) in [6, 6.07) is 10.4. The molecule has 1 heterocycles. The largest absolute Gasteiger partial charge is 0.353 e. The number of unbranched alkanes of at least 4 members (excludes halogenated alkanes) is 1. The zero-order valence-corrected chi connectivity index (χ0v) is 15.7. The molecule has 0 bridgehead atoms. The van der Waals surface area contributed by atoms with E-state index in [1.807, 2.05) is 24.3 Å². The van der Waals surface area contributed by atoms with Gasteiger partial charge < -0.3 is 10.6 Å². The summed E-state index contributed by atoms with van der Waals surface area (Å²) in [7, 11) is 0. The minimum absolute atomic E-state index is 0.0451. The zero-order chi connectivity index (χ0) is 20.8. The van der Waals surface area contributed by atoms with Crippen LogP contribution in [0.15, 0.2) is 48.8 Å². The van der Waals surface area contributed by atoms with E-state index < -0.39 is 22.2 Å². The molecule has 0 amide bonds. The van der Waals surface area contributed by atoms with Crippen LogP contribution in [0.3, 0.4) is 0 Å². The van der Waals surface area contributed by atoms with Gasteiger partial charge in [0.15, 0.2) is 0 Å². The normalized spacial score (nSPS) is 10.6. The Morgan fingerprint density at radius 2 is 1.72 bits per heavy atom. The average molecular weight is 399 g/mol. The van der Waals surface area contributed by atoms with Crippen LogP contribution in [0.1, 0.15) is 25.3 Å². The van der Waals surface area contributed by atoms with E-state index in [1.54, 1.807) is 0 Å². The summed E-state index contributed by atoms with van der Waals surface area (Å²) in [5, 5.41) is 17.1. The molecule has 0 atom stereocenters. The third-order valence-corrected chi connectivity index (χ3v) is 4.22. The molecular formula is C20H19F2N5O2. The summed E-state index contributed by atoms with van der Waals surface area (Å²) in [6.07, 6.45) is 4.26. The van der Waals surface area contributed by atoms with Gasteiger partial charge in [0, 0.05) is 11.8 Å². The van der Waals surface area contributed by atoms with E-state index in [2.05, 4.69) is 27.5 Å². The zero-order valence-electron chi connectivity index (χ0n) is 15.7. The van der Waals surface area contributed by atoms with Crippen LogP contribution in [0.25, 0.3) is 0 Å². The fraction of sp³-hybridized carbons (Fsp3) is 0.200. The van der Waals surface area contributed by atoms with Crippen molar-refractivity contribution < 1.29 is 13.7 Å². The van der Waals surface area contributed by atoms with E-state index >= 15 is 0 Å². The Morgan fingerprint density at radius 1 is 1.03 bits per heavy atom. The summed E-state index contributed by atoms with van der Waals surface area (Å²) in [5.74, 6) is -1.90. The fourth-order valence-corrected chi connectivity index (χ4v) is 2.73. The lowest BCUT2D eigenvalue weighted by Gasteiger charge is -2.11. The molecule has 9 heteroatoms. The molecule has 0 aliphatic heterocycles. The van der Waals surface area contributed by atoms with Gasteiger partial charge >= 0.3 is 5.69 Å². The molecule has 2 N–H and O–H groups in total. The molecular weight excluding hydrogens is 380 g/mol. The van der Waals surface area contributed by atoms with Crippen molar-refractivity contribution in [1.29, 1.82) is 0 Å². The van der Waals surface area contributed by atoms with E-state index in [9.17, 15) is 18.9 Å². The van der Waals surface area contributed by atoms with Gasteiger partial charge in [-0.2, -0.15) is 0 Å². The molecule has 2 aromatic carbocycles. The molecule has 7 nitrogen and oxygen atoms in total. The molecule has 0 radical (unpaired) electrons. The van der Waals surface area contributed by atoms with Crippen molar-refractivity contribution in [3.05, 3.63) is 76.1 Å². The number of benzene rings is 2. The van der Waals surface area contributed by atoms with Crippen LogP contribution < -0.4 is 10.6 Å². The minimum Gasteiger partial charge on any atom is -0.334 e. The highest BCUT2D eigenvalue weighted by Crippen LogP contribution is 2.33. The van der Waals surface area contributed by atoms with Crippen LogP contribution in [-0.4, -0.2) is 14.9 Å². The Kier molecular flexibility index (Phi) is 6.28. The van der Waals surface area contributed by atoms with Crippen molar-refractivity contribution in [2.45, 2.75) is 26.2 Å². The predicted octanol–water partition coefficient (Wildman–Crippen LogP) is 5.49. The van der Waals surface area contributed by atoms with Gasteiger partial charge in [-0.15, -0.1) is 0 Å². The van der Waals surface area contributed by atoms with Gasteiger partial charge in [0.1, 0.15) is 18.0 Å². The summed E-state index contributed by atoms with van der Waals surface area (Å²) in [5.41, 5.74) is 1.19. The quantitative estimate of drug-likeness (QED) is 0.384. The summed E-state index contributed by atoms with van der Waals surface area (Å²) >= 11 is 0. The Balaban J connectivity index is 1.87. The van der Waals surface area contributed by atoms with Gasteiger partial charge in [0.05, 0.1) is 10.6 Å². The van der Waals surface area contributed by atoms with Gasteiger partial charge in [0.2, 0.25) is 11.6 Å². The van der Waals surface area contributed by atoms with Crippen molar-refractivity contribution in [3.63, 3.8) is 0 Å². The van der Waals surface area contributed by atoms with Crippen LogP contribution >= 0.6 is 0 Å². The number of rotatable bonds is 8. The van der Waals surface area contributed by atoms with Gasteiger partial charge in [-0.25, -0.2) is 18.7 Å². The van der Waals surface area contributed by atoms with Crippen molar-refractivity contribution in [1.82, 2.24) is 9.97 Å². The average Bonchev–Trinajstić information content (AvgIpc) is 2.69. The number of nitro groups is 1. The van der Waals surface area contributed by atoms with E-state index in [4.69, 9.17) is 0 Å². The molecule has 0 saturated carbocycles. The second kappa shape index (κ2) is 9.05. The lowest BCUT2D eigenvalue weighted by atomic mass is 10.1. The second-order valence-corrected chi connectivity index (χ2v) is 6.35. The topological polar surface area (TPSA) is 93.0 Å². The lowest BCUT2D eigenvalue weighted by Crippen LogP contribution is -2.06. The maximum absolute atomic E-state index is 13.9. The van der Waals surface area contributed by atoms with Crippen LogP contribution in [0.4, 0.5) is 37.5 Å². The minimum atomic E-state index is -0.893. The summed E-state index contributed by atoms with van der Waals surface area (Å²) in [4.78, 5) is 18.8. The Hall–Kier alpha value is -3.62. The summed E-state index contributed by atoms with van der Waals surface area (Å²) < 4.78 is 27.0. The number of hydrogen-bond acceptors (Lipinski definition) is 6. The molecule has 1 aromatic heterocycles. The molecule has 0 unspecified atom stereocenters. The maximum atomic E-state index is 13.9. The van der Waals surface area contributed by atoms with Crippen LogP contribution in [0.5, 0.6) is 0 Å². The molecule has 29 heavy (non-hydrogen) atoms. The molecule has 0 spiro atoms. The third-order valence-electron chi connectivity index (χ3n) is 4.22. The number of hydrogen-bond donors (Lipinski definition) is 2. The molecule has 3 aromatic rings. The number of aromatic nitrogens is 2. The molecule has 150 valence electrons. The first kappa shape index (κ1) is 20.1. The molecule has 0 saturated heterocycles. The SMILES string of the molecule is CCCCc1ccc(Nc2ncnc(Nc3ccc(F)cc3F)c2[N+](=O)[O-])cc1. The maximum Gasteiger partial charge on any atom is 0.353 e. The smallest absolute Gasteiger partial charge is 0.334 e. The highest BCUT2D eigenvalue weighted by molar-refractivity contribution is 5.76. The van der Waals surface area contributed by atoms with E-state index in [0.717, 1.165) is 37.7 Å². The molecule has 0 fully saturated rings. The summed E-state index contributed by atoms with van der Waals surface area (Å²) in [6.45, 7) is 2.12. The Labute approximate surface area is 166 Å². The van der Waals surface area contributed by atoms with Crippen LogP contribution in [0, 0.1) is 21.7 Å². The van der Waals surface area contributed by atoms with Crippen molar-refractivity contribution in [2.24, 2.45) is 0 Å². The highest BCUT2D eigenvalue weighted by Gasteiger charge is 2.24. The fourth-order valence-electron chi connectivity index (χ4n) is 2.73. The van der Waals surface area contributed by atoms with Gasteiger partial charge in [-0.1, -0.05) is 25.5 Å². The van der Waals surface area contributed by atoms with Gasteiger partial charge in [0.25, 0.3) is 0 Å². The number of aryl methyl sites for hydroxylation is 1. The standard InChI is InChI=1S/C20H19F2N5O2/c1-2-3-4-13-5-8-15(9-6-13)25-19-18(27(28)29)20(24-12-23-19)26-17-10-7-14(21)11-16(17)22/h5-12H,2-4H2,1H3,(H2,23,24,25,26). The first-order valence-electron chi connectivity index (χ1n) is 9.05. The first-order valence-corrected chi connectivity index (χ1v) is 9.05.